The second kappa shape index (κ2) is 3.39. The molecule has 0 spiro atoms. The minimum atomic E-state index is -2.58. The number of hydrogen-bond acceptors (Lipinski definition) is 1. The van der Waals surface area contributed by atoms with Gasteiger partial charge in [-0.15, -0.1) is 0 Å². The Morgan fingerprint density at radius 1 is 1.36 bits per heavy atom. The second-order valence-corrected chi connectivity index (χ2v) is 6.02. The van der Waals surface area contributed by atoms with Crippen molar-refractivity contribution in [3.8, 4) is 0 Å². The first-order valence-corrected chi connectivity index (χ1v) is 6.17. The van der Waals surface area contributed by atoms with Crippen molar-refractivity contribution in [1.82, 2.24) is 9.76 Å². The van der Waals surface area contributed by atoms with E-state index in [1.165, 1.54) is 0 Å². The van der Waals surface area contributed by atoms with Gasteiger partial charge in [-0.3, -0.25) is 4.57 Å². The molecule has 5 heteroatoms. The number of para-hydroxylation sites is 1. The summed E-state index contributed by atoms with van der Waals surface area (Å²) in [7, 11) is 1.02. The maximum Gasteiger partial charge on any atom is 0.305 e. The molecule has 0 saturated heterocycles. The Kier molecular flexibility index (Phi) is 2.35. The molecule has 0 aromatic heterocycles. The summed E-state index contributed by atoms with van der Waals surface area (Å²) in [4.78, 5) is 0. The molecule has 1 aliphatic rings. The lowest BCUT2D eigenvalue weighted by Crippen LogP contribution is -2.30. The molecule has 0 aliphatic carbocycles. The molecular formula is C9H14N3OP. The van der Waals surface area contributed by atoms with Crippen molar-refractivity contribution in [2.75, 3.05) is 19.2 Å². The fourth-order valence-corrected chi connectivity index (χ4v) is 2.91. The summed E-state index contributed by atoms with van der Waals surface area (Å²) in [5, 5.41) is 6.06. The Labute approximate surface area is 83.8 Å². The molecule has 1 aromatic rings. The van der Waals surface area contributed by atoms with Crippen LogP contribution in [-0.2, 0) is 11.1 Å². The highest BCUT2D eigenvalue weighted by Crippen LogP contribution is 2.46. The van der Waals surface area contributed by atoms with Gasteiger partial charge >= 0.3 is 7.59 Å². The van der Waals surface area contributed by atoms with Gasteiger partial charge in [0, 0.05) is 12.2 Å². The smallest absolute Gasteiger partial charge is 0.305 e. The minimum Gasteiger partial charge on any atom is -0.312 e. The minimum absolute atomic E-state index is 0.651. The molecule has 1 aliphatic heterocycles. The van der Waals surface area contributed by atoms with Crippen molar-refractivity contribution in [3.63, 3.8) is 0 Å². The average Bonchev–Trinajstić information content (AvgIpc) is 2.17. The van der Waals surface area contributed by atoms with Crippen LogP contribution in [0.15, 0.2) is 24.3 Å². The predicted molar refractivity (Wildman–Crippen MR) is 58.2 cm³/mol. The van der Waals surface area contributed by atoms with E-state index in [0.29, 0.717) is 6.54 Å². The Balaban J connectivity index is 2.34. The van der Waals surface area contributed by atoms with Crippen molar-refractivity contribution in [3.05, 3.63) is 29.8 Å². The average molecular weight is 211 g/mol. The van der Waals surface area contributed by atoms with Crippen LogP contribution in [0.1, 0.15) is 5.56 Å². The summed E-state index contributed by atoms with van der Waals surface area (Å²) in [6.07, 6.45) is 0. The van der Waals surface area contributed by atoms with Gasteiger partial charge in [-0.1, -0.05) is 18.2 Å². The second-order valence-electron chi connectivity index (χ2n) is 3.53. The molecule has 1 unspecified atom stereocenters. The molecule has 14 heavy (non-hydrogen) atoms. The number of nitrogens with one attached hydrogen (secondary N) is 2. The fourth-order valence-electron chi connectivity index (χ4n) is 1.42. The van der Waals surface area contributed by atoms with Crippen LogP contribution in [0.4, 0.5) is 5.69 Å². The normalized spacial score (nSPS) is 25.6. The van der Waals surface area contributed by atoms with Crippen molar-refractivity contribution < 1.29 is 4.57 Å². The molecular weight excluding hydrogens is 197 g/mol. The van der Waals surface area contributed by atoms with Crippen molar-refractivity contribution in [2.24, 2.45) is 0 Å². The molecule has 0 amide bonds. The zero-order valence-electron chi connectivity index (χ0n) is 8.32. The van der Waals surface area contributed by atoms with E-state index < -0.39 is 7.59 Å². The SMILES string of the molecule is CN(C)P1(=O)NCc2ccccc2N1. The van der Waals surface area contributed by atoms with Gasteiger partial charge in [0.15, 0.2) is 0 Å². The zero-order chi connectivity index (χ0) is 10.2. The first-order chi connectivity index (χ1) is 6.62. The molecule has 1 heterocycles. The largest absolute Gasteiger partial charge is 0.312 e. The highest BCUT2D eigenvalue weighted by Gasteiger charge is 2.28. The van der Waals surface area contributed by atoms with Crippen LogP contribution < -0.4 is 10.2 Å². The van der Waals surface area contributed by atoms with Gasteiger partial charge in [-0.05, 0) is 25.7 Å². The van der Waals surface area contributed by atoms with E-state index in [9.17, 15) is 4.57 Å². The molecule has 4 nitrogen and oxygen atoms in total. The Hall–Kier alpha value is -0.830. The maximum absolute atomic E-state index is 12.2. The fraction of sp³-hybridized carbons (Fsp3) is 0.333. The van der Waals surface area contributed by atoms with E-state index in [1.807, 2.05) is 24.3 Å². The summed E-state index contributed by atoms with van der Waals surface area (Å²) >= 11 is 0. The quantitative estimate of drug-likeness (QED) is 0.696. The molecule has 76 valence electrons. The van der Waals surface area contributed by atoms with E-state index in [-0.39, 0.29) is 0 Å². The van der Waals surface area contributed by atoms with Crippen molar-refractivity contribution >= 4 is 13.3 Å². The third kappa shape index (κ3) is 1.57. The molecule has 0 radical (unpaired) electrons. The van der Waals surface area contributed by atoms with E-state index in [2.05, 4.69) is 10.2 Å². The predicted octanol–water partition coefficient (Wildman–Crippen LogP) is 1.87. The Morgan fingerprint density at radius 3 is 2.79 bits per heavy atom. The van der Waals surface area contributed by atoms with Gasteiger partial charge in [0.1, 0.15) is 0 Å². The maximum atomic E-state index is 12.2. The lowest BCUT2D eigenvalue weighted by Gasteiger charge is -2.32. The molecule has 1 aromatic carbocycles. The molecule has 0 bridgehead atoms. The summed E-state index contributed by atoms with van der Waals surface area (Å²) < 4.78 is 13.9. The molecule has 2 rings (SSSR count). The molecule has 1 atom stereocenters. The van der Waals surface area contributed by atoms with Gasteiger partial charge in [0.25, 0.3) is 0 Å². The van der Waals surface area contributed by atoms with E-state index in [1.54, 1.807) is 18.8 Å². The van der Waals surface area contributed by atoms with Gasteiger partial charge in [-0.25, -0.2) is 9.76 Å². The Morgan fingerprint density at radius 2 is 2.07 bits per heavy atom. The van der Waals surface area contributed by atoms with Gasteiger partial charge in [0.05, 0.1) is 0 Å². The van der Waals surface area contributed by atoms with Crippen LogP contribution in [-0.4, -0.2) is 18.8 Å². The van der Waals surface area contributed by atoms with Gasteiger partial charge in [0.2, 0.25) is 0 Å². The summed E-state index contributed by atoms with van der Waals surface area (Å²) in [5.74, 6) is 0. The van der Waals surface area contributed by atoms with Crippen LogP contribution in [0.2, 0.25) is 0 Å². The summed E-state index contributed by atoms with van der Waals surface area (Å²) in [6, 6.07) is 7.89. The van der Waals surface area contributed by atoms with Crippen LogP contribution in [0.3, 0.4) is 0 Å². The van der Waals surface area contributed by atoms with Crippen molar-refractivity contribution in [2.45, 2.75) is 6.54 Å². The first-order valence-electron chi connectivity index (χ1n) is 4.51. The highest BCUT2D eigenvalue weighted by molar-refractivity contribution is 7.61. The lowest BCUT2D eigenvalue weighted by atomic mass is 10.2. The molecule has 0 saturated carbocycles. The number of fused-ring (bicyclic) bond motifs is 1. The number of benzene rings is 1. The third-order valence-electron chi connectivity index (χ3n) is 2.34. The third-order valence-corrected chi connectivity index (χ3v) is 4.59. The van der Waals surface area contributed by atoms with Crippen molar-refractivity contribution in [1.29, 1.82) is 0 Å². The van der Waals surface area contributed by atoms with E-state index >= 15 is 0 Å². The zero-order valence-corrected chi connectivity index (χ0v) is 9.21. The van der Waals surface area contributed by atoms with Crippen LogP contribution >= 0.6 is 7.59 Å². The summed E-state index contributed by atoms with van der Waals surface area (Å²) in [5.41, 5.74) is 2.11. The summed E-state index contributed by atoms with van der Waals surface area (Å²) in [6.45, 7) is 0.651. The Bertz CT molecular complexity index is 391. The van der Waals surface area contributed by atoms with Crippen LogP contribution in [0.25, 0.3) is 0 Å². The molecule has 0 fully saturated rings. The molecule has 2 N–H and O–H groups in total. The number of anilines is 1. The topological polar surface area (TPSA) is 44.4 Å². The van der Waals surface area contributed by atoms with Gasteiger partial charge in [-0.2, -0.15) is 0 Å². The first kappa shape index (κ1) is 9.71. The van der Waals surface area contributed by atoms with Gasteiger partial charge < -0.3 is 5.09 Å². The van der Waals surface area contributed by atoms with Crippen LogP contribution in [0.5, 0.6) is 0 Å². The standard InChI is InChI=1S/C9H14N3OP/c1-12(2)14(13)10-7-8-5-3-4-6-9(8)11-14/h3-6H,7H2,1-2H3,(H2,10,11,13). The van der Waals surface area contributed by atoms with E-state index in [0.717, 1.165) is 11.3 Å². The number of rotatable bonds is 1. The monoisotopic (exact) mass is 211 g/mol. The highest BCUT2D eigenvalue weighted by atomic mass is 31.2. The van der Waals surface area contributed by atoms with Crippen LogP contribution in [0, 0.1) is 0 Å². The number of nitrogens with zero attached hydrogens (tertiary/aromatic N) is 1. The number of hydrogen-bond donors (Lipinski definition) is 2. The lowest BCUT2D eigenvalue weighted by molar-refractivity contribution is 0.503. The van der Waals surface area contributed by atoms with E-state index in [4.69, 9.17) is 0 Å².